The average molecular weight is 766 g/mol. The van der Waals surface area contributed by atoms with Gasteiger partial charge in [0.25, 0.3) is 0 Å². The Hall–Kier alpha value is -7.11. The second-order valence-corrected chi connectivity index (χ2v) is 15.7. The minimum atomic E-state index is 0.783. The number of aromatic nitrogens is 3. The summed E-state index contributed by atoms with van der Waals surface area (Å²) >= 11 is 0. The highest BCUT2D eigenvalue weighted by atomic mass is 15.0. The molecule has 0 unspecified atom stereocenters. The molecule has 5 heteroatoms. The molecule has 0 saturated heterocycles. The fourth-order valence-corrected chi connectivity index (χ4v) is 8.99. The predicted octanol–water partition coefficient (Wildman–Crippen LogP) is 12.9. The summed E-state index contributed by atoms with van der Waals surface area (Å²) < 4.78 is 4.77. The molecule has 0 saturated carbocycles. The summed E-state index contributed by atoms with van der Waals surface area (Å²) in [6.07, 6.45) is 20.8. The lowest BCUT2D eigenvalue weighted by Crippen LogP contribution is -2.05. The number of nitrogens with one attached hydrogen (secondary N) is 1. The van der Waals surface area contributed by atoms with E-state index in [9.17, 15) is 0 Å². The number of rotatable bonds is 9. The highest BCUT2D eigenvalue weighted by Crippen LogP contribution is 2.38. The first-order chi connectivity index (χ1) is 29.0. The lowest BCUT2D eigenvalue weighted by Gasteiger charge is -2.16. The Morgan fingerprint density at radius 1 is 0.746 bits per heavy atom. The Bertz CT molecular complexity index is 3000. The van der Waals surface area contributed by atoms with Crippen LogP contribution in [0.5, 0.6) is 0 Å². The standard InChI is InChI=1S/C54H47N5/c1-3-4-5-14-48(55)47-34-37(20-19-36(47)2)31-38-32-41(39-21-25-43(26-22-39)58-49-15-8-6-12-45(49)53-51(58)17-10-29-56-53)35-42(33-38)40-23-27-44(28-24-40)59-50-16-9-7-13-46(50)54-52(59)18-11-30-57-54/h4-8,10-15,17-28,30,32-35,56H,3,9,16,29,31,55H2,1-2H3/b5-4-,48-14-. The molecular formula is C54H47N5. The maximum atomic E-state index is 6.62. The summed E-state index contributed by atoms with van der Waals surface area (Å²) in [5.74, 6) is 0. The Morgan fingerprint density at radius 3 is 2.27 bits per heavy atom. The van der Waals surface area contributed by atoms with Crippen molar-refractivity contribution in [2.45, 2.75) is 39.5 Å². The zero-order chi connectivity index (χ0) is 39.9. The third-order valence-electron chi connectivity index (χ3n) is 11.9. The Balaban J connectivity index is 1.05. The van der Waals surface area contributed by atoms with Gasteiger partial charge in [0.1, 0.15) is 0 Å². The lowest BCUT2D eigenvalue weighted by atomic mass is 9.92. The van der Waals surface area contributed by atoms with E-state index in [1.807, 2.05) is 18.3 Å². The van der Waals surface area contributed by atoms with Crippen molar-refractivity contribution in [1.29, 1.82) is 0 Å². The van der Waals surface area contributed by atoms with Crippen LogP contribution in [0.15, 0.2) is 158 Å². The fourth-order valence-electron chi connectivity index (χ4n) is 8.99. The summed E-state index contributed by atoms with van der Waals surface area (Å²) in [7, 11) is 0. The lowest BCUT2D eigenvalue weighted by molar-refractivity contribution is 0.888. The number of anilines is 1. The van der Waals surface area contributed by atoms with Crippen LogP contribution in [-0.2, 0) is 12.8 Å². The van der Waals surface area contributed by atoms with Gasteiger partial charge < -0.3 is 20.2 Å². The molecule has 1 aliphatic carbocycles. The minimum Gasteiger partial charge on any atom is -0.398 e. The molecule has 0 atom stereocenters. The zero-order valence-electron chi connectivity index (χ0n) is 33.6. The van der Waals surface area contributed by atoms with E-state index in [2.05, 4.69) is 180 Å². The highest BCUT2D eigenvalue weighted by molar-refractivity contribution is 6.00. The quantitative estimate of drug-likeness (QED) is 0.144. The van der Waals surface area contributed by atoms with E-state index >= 15 is 0 Å². The van der Waals surface area contributed by atoms with E-state index in [-0.39, 0.29) is 0 Å². The summed E-state index contributed by atoms with van der Waals surface area (Å²) in [4.78, 5) is 4.78. The maximum absolute atomic E-state index is 6.62. The van der Waals surface area contributed by atoms with E-state index in [0.29, 0.717) is 0 Å². The Labute approximate surface area is 346 Å². The van der Waals surface area contributed by atoms with E-state index in [1.54, 1.807) is 0 Å². The fraction of sp³-hybridized carbons (Fsp3) is 0.130. The second kappa shape index (κ2) is 15.3. The number of aryl methyl sites for hydroxylation is 1. The monoisotopic (exact) mass is 765 g/mol. The van der Waals surface area contributed by atoms with Crippen LogP contribution in [-0.4, -0.2) is 20.7 Å². The van der Waals surface area contributed by atoms with Gasteiger partial charge in [-0.2, -0.15) is 0 Å². The molecule has 2 aliphatic rings. The van der Waals surface area contributed by atoms with Crippen LogP contribution in [0.3, 0.4) is 0 Å². The van der Waals surface area contributed by atoms with Gasteiger partial charge in [0.05, 0.1) is 27.9 Å². The molecular weight excluding hydrogens is 719 g/mol. The molecule has 3 aromatic heterocycles. The molecule has 288 valence electrons. The number of hydrogen-bond acceptors (Lipinski definition) is 3. The number of benzene rings is 5. The van der Waals surface area contributed by atoms with Crippen LogP contribution >= 0.6 is 0 Å². The van der Waals surface area contributed by atoms with Gasteiger partial charge in [-0.3, -0.25) is 4.98 Å². The molecule has 0 fully saturated rings. The number of para-hydroxylation sites is 1. The van der Waals surface area contributed by atoms with Crippen LogP contribution in [0.1, 0.15) is 59.0 Å². The SMILES string of the molecule is CC/C=C\C=C(/N)c1cc(Cc2cc(-c3ccc(-n4c5c(c6ccccc64)NCC=C5)cc3)cc(-c3ccc(-n4c5c(c6ncccc64)C=CCC5)cc3)c2)ccc1C. The number of hydrogen-bond donors (Lipinski definition) is 2. The molecule has 59 heavy (non-hydrogen) atoms. The number of nitrogens with two attached hydrogens (primary N) is 1. The van der Waals surface area contributed by atoms with Gasteiger partial charge in [-0.1, -0.05) is 104 Å². The molecule has 0 amide bonds. The van der Waals surface area contributed by atoms with E-state index in [1.165, 1.54) is 72.5 Å². The van der Waals surface area contributed by atoms with E-state index in [4.69, 9.17) is 10.7 Å². The van der Waals surface area contributed by atoms with Crippen LogP contribution < -0.4 is 11.1 Å². The molecule has 8 aromatic rings. The first-order valence-electron chi connectivity index (χ1n) is 20.8. The van der Waals surface area contributed by atoms with Crippen molar-refractivity contribution in [2.24, 2.45) is 5.73 Å². The summed E-state index contributed by atoms with van der Waals surface area (Å²) in [5, 5.41) is 4.85. The molecule has 0 radical (unpaired) electrons. The number of fused-ring (bicyclic) bond motifs is 6. The summed E-state index contributed by atoms with van der Waals surface area (Å²) in [5.41, 5.74) is 27.6. The average Bonchev–Trinajstić information content (AvgIpc) is 3.80. The van der Waals surface area contributed by atoms with Gasteiger partial charge in [-0.15, -0.1) is 0 Å². The second-order valence-electron chi connectivity index (χ2n) is 15.7. The first kappa shape index (κ1) is 36.2. The Kier molecular flexibility index (Phi) is 9.42. The Morgan fingerprint density at radius 2 is 1.49 bits per heavy atom. The van der Waals surface area contributed by atoms with Crippen LogP contribution in [0.2, 0.25) is 0 Å². The highest BCUT2D eigenvalue weighted by Gasteiger charge is 2.20. The summed E-state index contributed by atoms with van der Waals surface area (Å²) in [6, 6.07) is 44.8. The smallest absolute Gasteiger partial charge is 0.0959 e. The normalized spacial score (nSPS) is 13.6. The summed E-state index contributed by atoms with van der Waals surface area (Å²) in [6.45, 7) is 5.11. The molecule has 1 aliphatic heterocycles. The molecule has 10 rings (SSSR count). The zero-order valence-corrected chi connectivity index (χ0v) is 33.6. The van der Waals surface area contributed by atoms with Crippen molar-refractivity contribution >= 4 is 45.5 Å². The molecule has 0 bridgehead atoms. The van der Waals surface area contributed by atoms with Gasteiger partial charge in [-0.25, -0.2) is 0 Å². The third kappa shape index (κ3) is 6.69. The molecule has 0 spiro atoms. The number of pyridine rings is 1. The minimum absolute atomic E-state index is 0.783. The van der Waals surface area contributed by atoms with Crippen molar-refractivity contribution in [1.82, 2.24) is 14.1 Å². The van der Waals surface area contributed by atoms with Gasteiger partial charge >= 0.3 is 0 Å². The first-order valence-corrected chi connectivity index (χ1v) is 20.8. The van der Waals surface area contributed by atoms with Crippen molar-refractivity contribution in [2.75, 3.05) is 11.9 Å². The number of nitrogens with zero attached hydrogens (tertiary/aromatic N) is 3. The van der Waals surface area contributed by atoms with Crippen molar-refractivity contribution in [3.63, 3.8) is 0 Å². The molecule has 3 N–H and O–H groups in total. The van der Waals surface area contributed by atoms with Crippen molar-refractivity contribution in [3.8, 4) is 33.6 Å². The van der Waals surface area contributed by atoms with Gasteiger partial charge in [0, 0.05) is 52.0 Å². The maximum Gasteiger partial charge on any atom is 0.0959 e. The largest absolute Gasteiger partial charge is 0.398 e. The van der Waals surface area contributed by atoms with Crippen LogP contribution in [0.4, 0.5) is 5.69 Å². The van der Waals surface area contributed by atoms with Gasteiger partial charge in [0.2, 0.25) is 0 Å². The topological polar surface area (TPSA) is 60.8 Å². The predicted molar refractivity (Wildman–Crippen MR) is 249 cm³/mol. The molecule has 5 nitrogen and oxygen atoms in total. The van der Waals surface area contributed by atoms with Crippen LogP contribution in [0.25, 0.3) is 73.4 Å². The van der Waals surface area contributed by atoms with E-state index in [0.717, 1.165) is 65.9 Å². The number of allylic oxidation sites excluding steroid dienone is 4. The van der Waals surface area contributed by atoms with Crippen LogP contribution in [0, 0.1) is 6.92 Å². The van der Waals surface area contributed by atoms with Gasteiger partial charge in [-0.05, 0) is 138 Å². The van der Waals surface area contributed by atoms with Crippen molar-refractivity contribution in [3.05, 3.63) is 197 Å². The van der Waals surface area contributed by atoms with Crippen molar-refractivity contribution < 1.29 is 0 Å². The molecule has 5 aromatic carbocycles. The third-order valence-corrected chi connectivity index (χ3v) is 11.9. The molecule has 4 heterocycles. The van der Waals surface area contributed by atoms with E-state index < -0.39 is 0 Å². The van der Waals surface area contributed by atoms with Gasteiger partial charge in [0.15, 0.2) is 0 Å².